The third kappa shape index (κ3) is 5.50. The average molecular weight is 277 g/mol. The van der Waals surface area contributed by atoms with Crippen LogP contribution in [0.5, 0.6) is 0 Å². The van der Waals surface area contributed by atoms with Gasteiger partial charge in [0.15, 0.2) is 0 Å². The number of halogens is 1. The van der Waals surface area contributed by atoms with E-state index in [0.29, 0.717) is 23.7 Å². The Morgan fingerprint density at radius 3 is 2.53 bits per heavy atom. The average Bonchev–Trinajstić information content (AvgIpc) is 2.20. The Labute approximate surface area is 108 Å². The summed E-state index contributed by atoms with van der Waals surface area (Å²) in [7, 11) is 0.484. The fourth-order valence-corrected chi connectivity index (χ4v) is 2.65. The van der Waals surface area contributed by atoms with Crippen LogP contribution in [-0.2, 0) is 15.8 Å². The molecule has 1 N–H and O–H groups in total. The third-order valence-corrected chi connectivity index (χ3v) is 3.82. The van der Waals surface area contributed by atoms with E-state index >= 15 is 0 Å². The number of benzene rings is 1. The Morgan fingerprint density at radius 1 is 1.29 bits per heavy atom. The molecule has 0 aromatic heterocycles. The standard InChI is InChI=1S/C11H16ClN2O2S/c1-14(2)8-7-13-17(15,16)9-10-5-3-4-6-11(10)12/h3-6H,7-9H2,1-2H3/q-1/p+1. The van der Waals surface area contributed by atoms with Gasteiger partial charge in [0.2, 0.25) is 0 Å². The maximum Gasteiger partial charge on any atom is 0.0765 e. The largest absolute Gasteiger partial charge is 0.544 e. The van der Waals surface area contributed by atoms with E-state index < -0.39 is 10.0 Å². The highest BCUT2D eigenvalue weighted by Gasteiger charge is 2.05. The molecule has 17 heavy (non-hydrogen) atoms. The van der Waals surface area contributed by atoms with Gasteiger partial charge < -0.3 is 9.62 Å². The number of rotatable bonds is 6. The summed E-state index contributed by atoms with van der Waals surface area (Å²) in [5, 5.41) is 0.463. The van der Waals surface area contributed by atoms with Gasteiger partial charge in [-0.3, -0.25) is 0 Å². The number of quaternary nitrogens is 1. The number of sulfonamides is 1. The Morgan fingerprint density at radius 2 is 1.94 bits per heavy atom. The number of hydrogen-bond acceptors (Lipinski definition) is 2. The van der Waals surface area contributed by atoms with Gasteiger partial charge in [0.1, 0.15) is 0 Å². The van der Waals surface area contributed by atoms with Crippen molar-refractivity contribution in [3.8, 4) is 0 Å². The van der Waals surface area contributed by atoms with Crippen molar-refractivity contribution >= 4 is 21.6 Å². The van der Waals surface area contributed by atoms with E-state index in [2.05, 4.69) is 4.72 Å². The lowest BCUT2D eigenvalue weighted by molar-refractivity contribution is -0.856. The molecule has 0 heterocycles. The lowest BCUT2D eigenvalue weighted by Gasteiger charge is -2.21. The van der Waals surface area contributed by atoms with E-state index in [1.807, 2.05) is 14.1 Å². The van der Waals surface area contributed by atoms with E-state index in [1.54, 1.807) is 24.3 Å². The molecule has 1 rings (SSSR count). The molecule has 0 saturated heterocycles. The van der Waals surface area contributed by atoms with Gasteiger partial charge in [-0.1, -0.05) is 36.3 Å². The zero-order chi connectivity index (χ0) is 12.9. The molecular formula is C11H17ClN2O2S. The van der Waals surface area contributed by atoms with E-state index in [0.717, 1.165) is 0 Å². The van der Waals surface area contributed by atoms with Crippen LogP contribution in [0.2, 0.25) is 5.02 Å². The van der Waals surface area contributed by atoms with Gasteiger partial charge in [-0.05, 0) is 11.6 Å². The van der Waals surface area contributed by atoms with Crippen molar-refractivity contribution in [2.75, 3.05) is 27.2 Å². The Hall–Kier alpha value is -0.620. The predicted molar refractivity (Wildman–Crippen MR) is 70.0 cm³/mol. The Balaban J connectivity index is 2.58. The smallest absolute Gasteiger partial charge is 0.0765 e. The predicted octanol–water partition coefficient (Wildman–Crippen LogP) is 0.688. The van der Waals surface area contributed by atoms with Crippen molar-refractivity contribution in [3.63, 3.8) is 0 Å². The molecule has 0 amide bonds. The molecule has 1 aromatic carbocycles. The minimum Gasteiger partial charge on any atom is -0.544 e. The van der Waals surface area contributed by atoms with Crippen molar-refractivity contribution in [3.05, 3.63) is 39.6 Å². The van der Waals surface area contributed by atoms with Crippen LogP contribution in [0, 0.1) is 0 Å². The van der Waals surface area contributed by atoms with E-state index in [-0.39, 0.29) is 5.75 Å². The zero-order valence-electron chi connectivity index (χ0n) is 9.98. The van der Waals surface area contributed by atoms with E-state index in [1.165, 1.54) is 4.90 Å². The molecular weight excluding hydrogens is 260 g/mol. The third-order valence-electron chi connectivity index (χ3n) is 2.20. The molecule has 0 aliphatic heterocycles. The van der Waals surface area contributed by atoms with Crippen LogP contribution in [0.3, 0.4) is 0 Å². The van der Waals surface area contributed by atoms with Crippen LogP contribution in [0.1, 0.15) is 5.56 Å². The molecule has 6 heteroatoms. The van der Waals surface area contributed by atoms with Gasteiger partial charge in [0.05, 0.1) is 36.4 Å². The molecule has 0 spiro atoms. The quantitative estimate of drug-likeness (QED) is 0.831. The summed E-state index contributed by atoms with van der Waals surface area (Å²) in [4.78, 5) is 1.17. The lowest BCUT2D eigenvalue weighted by atomic mass is 10.2. The van der Waals surface area contributed by atoms with Crippen molar-refractivity contribution in [2.24, 2.45) is 0 Å². The van der Waals surface area contributed by atoms with Gasteiger partial charge in [0, 0.05) is 5.02 Å². The monoisotopic (exact) mass is 276 g/mol. The molecule has 0 saturated carbocycles. The second-order valence-corrected chi connectivity index (χ2v) is 6.25. The highest BCUT2D eigenvalue weighted by atomic mass is 35.5. The molecule has 0 aliphatic carbocycles. The normalized spacial score (nSPS) is 12.0. The summed E-state index contributed by atoms with van der Waals surface area (Å²) in [6.45, 7) is 1.01. The fourth-order valence-electron chi connectivity index (χ4n) is 1.27. The summed E-state index contributed by atoms with van der Waals surface area (Å²) >= 11 is 5.90. The molecule has 0 aliphatic rings. The molecule has 0 atom stereocenters. The summed E-state index contributed by atoms with van der Waals surface area (Å²) in [6, 6.07) is 6.91. The fraction of sp³-hybridized carbons (Fsp3) is 0.455. The van der Waals surface area contributed by atoms with Crippen molar-refractivity contribution in [2.45, 2.75) is 5.75 Å². The van der Waals surface area contributed by atoms with Gasteiger partial charge in [-0.15, -0.1) is 0 Å². The molecule has 0 radical (unpaired) electrons. The topological polar surface area (TPSA) is 52.7 Å². The molecule has 0 unspecified atom stereocenters. The zero-order valence-corrected chi connectivity index (χ0v) is 11.6. The molecule has 96 valence electrons. The molecule has 1 aromatic rings. The number of likely N-dealkylation sites (N-methyl/N-ethyl adjacent to an activating group) is 1. The van der Waals surface area contributed by atoms with E-state index in [9.17, 15) is 8.42 Å². The Bertz CT molecular complexity index is 460. The first-order valence-corrected chi connectivity index (χ1v) is 7.33. The van der Waals surface area contributed by atoms with Gasteiger partial charge in [0.25, 0.3) is 0 Å². The van der Waals surface area contributed by atoms with Crippen LogP contribution >= 0.6 is 11.6 Å². The van der Waals surface area contributed by atoms with Gasteiger partial charge in [-0.2, -0.15) is 0 Å². The second-order valence-electron chi connectivity index (χ2n) is 4.13. The minimum absolute atomic E-state index is 0.130. The van der Waals surface area contributed by atoms with Crippen LogP contribution in [0.4, 0.5) is 0 Å². The summed E-state index contributed by atoms with van der Waals surface area (Å²) in [5.41, 5.74) is 0.593. The molecule has 0 fully saturated rings. The van der Waals surface area contributed by atoms with Crippen molar-refractivity contribution in [1.29, 1.82) is 0 Å². The van der Waals surface area contributed by atoms with Crippen molar-refractivity contribution in [1.82, 2.24) is 0 Å². The van der Waals surface area contributed by atoms with Crippen LogP contribution in [0.25, 0.3) is 4.72 Å². The second kappa shape index (κ2) is 6.35. The van der Waals surface area contributed by atoms with Crippen LogP contribution in [0.15, 0.2) is 24.3 Å². The Kier molecular flexibility index (Phi) is 5.39. The highest BCUT2D eigenvalue weighted by molar-refractivity contribution is 7.93. The summed E-state index contributed by atoms with van der Waals surface area (Å²) in [5.74, 6) is -0.130. The van der Waals surface area contributed by atoms with Crippen molar-refractivity contribution < 1.29 is 13.3 Å². The maximum atomic E-state index is 11.7. The van der Waals surface area contributed by atoms with Gasteiger partial charge >= 0.3 is 0 Å². The highest BCUT2D eigenvalue weighted by Crippen LogP contribution is 2.19. The van der Waals surface area contributed by atoms with E-state index in [4.69, 9.17) is 11.6 Å². The first-order chi connectivity index (χ1) is 7.91. The number of hydrogen-bond donors (Lipinski definition) is 1. The molecule has 0 bridgehead atoms. The van der Waals surface area contributed by atoms with Crippen LogP contribution in [-0.4, -0.2) is 35.6 Å². The molecule has 4 nitrogen and oxygen atoms in total. The number of nitrogens with one attached hydrogen (secondary N) is 1. The number of nitrogens with zero attached hydrogens (tertiary/aromatic N) is 1. The first kappa shape index (κ1) is 14.4. The first-order valence-electron chi connectivity index (χ1n) is 5.34. The lowest BCUT2D eigenvalue weighted by Crippen LogP contribution is -3.06. The summed E-state index contributed by atoms with van der Waals surface area (Å²) in [6.07, 6.45) is 0. The SMILES string of the molecule is C[NH+](C)CC[N-]S(=O)(=O)Cc1ccccc1Cl. The summed E-state index contributed by atoms with van der Waals surface area (Å²) < 4.78 is 27.1. The maximum absolute atomic E-state index is 11.7. The van der Waals surface area contributed by atoms with Crippen LogP contribution < -0.4 is 4.90 Å². The van der Waals surface area contributed by atoms with Gasteiger partial charge in [-0.25, -0.2) is 8.42 Å². The minimum atomic E-state index is -3.43.